The van der Waals surface area contributed by atoms with Gasteiger partial charge in [0.25, 0.3) is 0 Å². The molecule has 0 spiro atoms. The maximum Gasteiger partial charge on any atom is 0.243 e. The first-order valence-electron chi connectivity index (χ1n) is 12.3. The molecule has 0 aliphatic rings. The number of nitrogens with one attached hydrogen (secondary N) is 2. The molecule has 2 atom stereocenters. The van der Waals surface area contributed by atoms with Gasteiger partial charge in [-0.1, -0.05) is 37.3 Å². The van der Waals surface area contributed by atoms with Crippen molar-refractivity contribution in [2.24, 2.45) is 0 Å². The van der Waals surface area contributed by atoms with Crippen molar-refractivity contribution in [3.05, 3.63) is 95.2 Å². The number of pyridine rings is 1. The minimum absolute atomic E-state index is 0.0125. The molecule has 0 unspecified atom stereocenters. The van der Waals surface area contributed by atoms with Crippen molar-refractivity contribution in [2.45, 2.75) is 45.0 Å². The van der Waals surface area contributed by atoms with Crippen LogP contribution in [0.25, 0.3) is 11.5 Å². The predicted octanol–water partition coefficient (Wildman–Crippen LogP) is 2.45. The highest BCUT2D eigenvalue weighted by atomic mass is 19.1. The molecule has 3 N–H and O–H groups in total. The van der Waals surface area contributed by atoms with Gasteiger partial charge in [0.1, 0.15) is 23.9 Å². The largest absolute Gasteiger partial charge is 0.390 e. The second kappa shape index (κ2) is 12.9. The molecule has 4 aromatic rings. The predicted molar refractivity (Wildman–Crippen MR) is 137 cm³/mol. The van der Waals surface area contributed by atoms with Gasteiger partial charge in [0, 0.05) is 25.4 Å². The molecule has 0 bridgehead atoms. The van der Waals surface area contributed by atoms with Crippen LogP contribution >= 0.6 is 0 Å². The summed E-state index contributed by atoms with van der Waals surface area (Å²) in [6, 6.07) is 15.6. The number of carbonyl (C=O) groups excluding carboxylic acids is 1. The van der Waals surface area contributed by atoms with E-state index in [4.69, 9.17) is 0 Å². The summed E-state index contributed by atoms with van der Waals surface area (Å²) in [5.74, 6) is -1.70. The van der Waals surface area contributed by atoms with Crippen LogP contribution in [-0.2, 0) is 30.7 Å². The summed E-state index contributed by atoms with van der Waals surface area (Å²) in [7, 11) is 0. The van der Waals surface area contributed by atoms with Crippen LogP contribution in [0.15, 0.2) is 66.9 Å². The molecule has 2 heterocycles. The van der Waals surface area contributed by atoms with E-state index in [1.807, 2.05) is 18.2 Å². The van der Waals surface area contributed by atoms with Crippen LogP contribution in [0.3, 0.4) is 0 Å². The number of tetrazole rings is 1. The number of aryl methyl sites for hydroxylation is 1. The van der Waals surface area contributed by atoms with Gasteiger partial charge in [-0.2, -0.15) is 4.80 Å². The Labute approximate surface area is 218 Å². The Morgan fingerprint density at radius 3 is 2.55 bits per heavy atom. The van der Waals surface area contributed by atoms with Crippen LogP contribution in [-0.4, -0.2) is 54.9 Å². The van der Waals surface area contributed by atoms with Gasteiger partial charge in [-0.25, -0.2) is 8.78 Å². The van der Waals surface area contributed by atoms with Gasteiger partial charge in [0.15, 0.2) is 0 Å². The monoisotopic (exact) mass is 521 g/mol. The minimum atomic E-state index is -1.05. The van der Waals surface area contributed by atoms with Gasteiger partial charge in [-0.3, -0.25) is 9.78 Å². The molecule has 0 aliphatic carbocycles. The van der Waals surface area contributed by atoms with Gasteiger partial charge in [-0.15, -0.1) is 10.2 Å². The quantitative estimate of drug-likeness (QED) is 0.262. The Kier molecular flexibility index (Phi) is 9.17. The van der Waals surface area contributed by atoms with Gasteiger partial charge in [-0.05, 0) is 59.0 Å². The smallest absolute Gasteiger partial charge is 0.243 e. The zero-order valence-electron chi connectivity index (χ0n) is 20.9. The molecule has 0 saturated carbocycles. The number of rotatable bonds is 12. The summed E-state index contributed by atoms with van der Waals surface area (Å²) in [6.07, 6.45) is 1.47. The molecular formula is C27H29F2N7O2. The molecular weight excluding hydrogens is 492 g/mol. The molecule has 0 fully saturated rings. The van der Waals surface area contributed by atoms with E-state index in [0.717, 1.165) is 22.8 Å². The Hall–Kier alpha value is -4.09. The minimum Gasteiger partial charge on any atom is -0.390 e. The summed E-state index contributed by atoms with van der Waals surface area (Å²) in [4.78, 5) is 18.1. The van der Waals surface area contributed by atoms with Crippen molar-refractivity contribution in [3.8, 4) is 11.5 Å². The number of hydrogen-bond acceptors (Lipinski definition) is 7. The topological polar surface area (TPSA) is 118 Å². The van der Waals surface area contributed by atoms with E-state index in [2.05, 4.69) is 44.0 Å². The zero-order chi connectivity index (χ0) is 26.9. The van der Waals surface area contributed by atoms with E-state index in [-0.39, 0.29) is 25.3 Å². The standard InChI is InChI=1S/C27H29F2N7O2/c1-2-18-6-5-7-19(10-18)15-30-16-25(37)24(13-20-11-21(28)14-22(29)12-20)32-26(38)17-36-34-27(33-35-36)23-8-3-4-9-31-23/h3-12,14,24-25,30,37H,2,13,15-17H2,1H3,(H,32,38)/t24-,25-/m0/s1. The van der Waals surface area contributed by atoms with E-state index in [1.165, 1.54) is 17.7 Å². The third-order valence-electron chi connectivity index (χ3n) is 5.90. The number of aliphatic hydroxyl groups is 1. The van der Waals surface area contributed by atoms with Gasteiger partial charge in [0.05, 0.1) is 12.1 Å². The molecule has 38 heavy (non-hydrogen) atoms. The van der Waals surface area contributed by atoms with E-state index in [1.54, 1.807) is 24.4 Å². The number of nitrogens with zero attached hydrogens (tertiary/aromatic N) is 5. The number of aliphatic hydroxyl groups excluding tert-OH is 1. The van der Waals surface area contributed by atoms with Crippen molar-refractivity contribution in [1.82, 2.24) is 35.8 Å². The van der Waals surface area contributed by atoms with E-state index in [9.17, 15) is 18.7 Å². The third-order valence-corrected chi connectivity index (χ3v) is 5.90. The fraction of sp³-hybridized carbons (Fsp3) is 0.296. The summed E-state index contributed by atoms with van der Waals surface area (Å²) in [5.41, 5.74) is 3.08. The lowest BCUT2D eigenvalue weighted by Crippen LogP contribution is -2.49. The Morgan fingerprint density at radius 2 is 1.82 bits per heavy atom. The lowest BCUT2D eigenvalue weighted by atomic mass is 10.0. The van der Waals surface area contributed by atoms with Crippen LogP contribution in [0, 0.1) is 11.6 Å². The second-order valence-corrected chi connectivity index (χ2v) is 8.89. The van der Waals surface area contributed by atoms with Crippen LogP contribution in [0.2, 0.25) is 0 Å². The molecule has 9 nitrogen and oxygen atoms in total. The number of carbonyl (C=O) groups is 1. The first-order chi connectivity index (χ1) is 18.4. The second-order valence-electron chi connectivity index (χ2n) is 8.89. The fourth-order valence-corrected chi connectivity index (χ4v) is 4.02. The van der Waals surface area contributed by atoms with E-state index < -0.39 is 29.7 Å². The van der Waals surface area contributed by atoms with Crippen LogP contribution in [0.1, 0.15) is 23.6 Å². The van der Waals surface area contributed by atoms with E-state index in [0.29, 0.717) is 17.8 Å². The lowest BCUT2D eigenvalue weighted by molar-refractivity contribution is -0.123. The summed E-state index contributed by atoms with van der Waals surface area (Å²) >= 11 is 0. The average Bonchev–Trinajstić information content (AvgIpc) is 3.36. The third kappa shape index (κ3) is 7.70. The number of benzene rings is 2. The number of amides is 1. The summed E-state index contributed by atoms with van der Waals surface area (Å²) < 4.78 is 27.6. The Bertz CT molecular complexity index is 1330. The summed E-state index contributed by atoms with van der Waals surface area (Å²) in [6.45, 7) is 2.47. The molecule has 0 saturated heterocycles. The molecule has 2 aromatic heterocycles. The highest BCUT2D eigenvalue weighted by Gasteiger charge is 2.23. The van der Waals surface area contributed by atoms with Crippen LogP contribution in [0.4, 0.5) is 8.78 Å². The highest BCUT2D eigenvalue weighted by molar-refractivity contribution is 5.76. The first kappa shape index (κ1) is 27.0. The maximum absolute atomic E-state index is 13.8. The van der Waals surface area contributed by atoms with Gasteiger partial charge < -0.3 is 15.7 Å². The Morgan fingerprint density at radius 1 is 1.03 bits per heavy atom. The molecule has 1 amide bonds. The normalized spacial score (nSPS) is 12.7. The maximum atomic E-state index is 13.8. The molecule has 0 radical (unpaired) electrons. The summed E-state index contributed by atoms with van der Waals surface area (Å²) in [5, 5.41) is 28.9. The van der Waals surface area contributed by atoms with Gasteiger partial charge >= 0.3 is 0 Å². The lowest BCUT2D eigenvalue weighted by Gasteiger charge is -2.25. The van der Waals surface area contributed by atoms with Crippen molar-refractivity contribution in [1.29, 1.82) is 0 Å². The average molecular weight is 522 g/mol. The highest BCUT2D eigenvalue weighted by Crippen LogP contribution is 2.13. The van der Waals surface area contributed by atoms with Crippen molar-refractivity contribution in [3.63, 3.8) is 0 Å². The molecule has 2 aromatic carbocycles. The van der Waals surface area contributed by atoms with E-state index >= 15 is 0 Å². The van der Waals surface area contributed by atoms with Crippen LogP contribution < -0.4 is 10.6 Å². The molecule has 11 heteroatoms. The zero-order valence-corrected chi connectivity index (χ0v) is 20.9. The molecule has 0 aliphatic heterocycles. The van der Waals surface area contributed by atoms with Crippen LogP contribution in [0.5, 0.6) is 0 Å². The molecule has 198 valence electrons. The fourth-order valence-electron chi connectivity index (χ4n) is 4.02. The van der Waals surface area contributed by atoms with Crippen molar-refractivity contribution in [2.75, 3.05) is 6.54 Å². The number of hydrogen-bond donors (Lipinski definition) is 3. The number of halogens is 2. The molecule has 4 rings (SSSR count). The Balaban J connectivity index is 1.41. The van der Waals surface area contributed by atoms with Crippen molar-refractivity contribution >= 4 is 5.91 Å². The number of aromatic nitrogens is 5. The van der Waals surface area contributed by atoms with Crippen molar-refractivity contribution < 1.29 is 18.7 Å². The SMILES string of the molecule is CCc1cccc(CNC[C@H](O)[C@H](Cc2cc(F)cc(F)c2)NC(=O)Cn2nnc(-c3ccccn3)n2)c1. The van der Waals surface area contributed by atoms with Gasteiger partial charge in [0.2, 0.25) is 11.7 Å². The first-order valence-corrected chi connectivity index (χ1v) is 12.3.